The molecule has 2 aromatic heterocycles. The van der Waals surface area contributed by atoms with Crippen molar-refractivity contribution < 1.29 is 4.42 Å². The highest BCUT2D eigenvalue weighted by molar-refractivity contribution is 5.60. The van der Waals surface area contributed by atoms with E-state index >= 15 is 0 Å². The summed E-state index contributed by atoms with van der Waals surface area (Å²) in [6.07, 6.45) is 4.57. The van der Waals surface area contributed by atoms with Gasteiger partial charge in [-0.3, -0.25) is 0 Å². The second-order valence-electron chi connectivity index (χ2n) is 3.88. The third kappa shape index (κ3) is 2.74. The van der Waals surface area contributed by atoms with E-state index in [-0.39, 0.29) is 0 Å². The molecule has 2 heterocycles. The largest absolute Gasteiger partial charge is 0.423 e. The Morgan fingerprint density at radius 1 is 1.21 bits per heavy atom. The van der Waals surface area contributed by atoms with Crippen LogP contribution in [-0.2, 0) is 6.54 Å². The number of nitrogens with zero attached hydrogens (tertiary/aromatic N) is 4. The second-order valence-corrected chi connectivity index (χ2v) is 3.88. The van der Waals surface area contributed by atoms with Gasteiger partial charge in [0.2, 0.25) is 12.3 Å². The maximum atomic E-state index is 5.17. The Balaban J connectivity index is 1.74. The summed E-state index contributed by atoms with van der Waals surface area (Å²) >= 11 is 0. The average Bonchev–Trinajstić information content (AvgIpc) is 3.01. The second kappa shape index (κ2) is 5.26. The van der Waals surface area contributed by atoms with Gasteiger partial charge < -0.3 is 9.73 Å². The van der Waals surface area contributed by atoms with E-state index in [1.54, 1.807) is 6.20 Å². The molecule has 1 aromatic carbocycles. The Hall–Kier alpha value is -2.76. The van der Waals surface area contributed by atoms with Crippen molar-refractivity contribution in [2.24, 2.45) is 0 Å². The first-order valence-corrected chi connectivity index (χ1v) is 5.77. The smallest absolute Gasteiger partial charge is 0.247 e. The fourth-order valence-electron chi connectivity index (χ4n) is 1.68. The molecule has 94 valence electrons. The molecule has 0 bridgehead atoms. The Bertz CT molecular complexity index is 639. The minimum absolute atomic E-state index is 0.505. The van der Waals surface area contributed by atoms with Crippen molar-refractivity contribution in [3.05, 3.63) is 54.9 Å². The van der Waals surface area contributed by atoms with Gasteiger partial charge in [0.1, 0.15) is 6.33 Å². The van der Waals surface area contributed by atoms with E-state index in [4.69, 9.17) is 4.42 Å². The fraction of sp³-hybridized carbons (Fsp3) is 0.0769. The van der Waals surface area contributed by atoms with Crippen LogP contribution in [0.15, 0.2) is 53.7 Å². The summed E-state index contributed by atoms with van der Waals surface area (Å²) in [4.78, 5) is 8.03. The van der Waals surface area contributed by atoms with Crippen LogP contribution in [0.5, 0.6) is 0 Å². The third-order valence-electron chi connectivity index (χ3n) is 2.59. The SMILES string of the molecule is c1cc(NCc2ccncn2)cc(-c2nnco2)c1. The zero-order valence-electron chi connectivity index (χ0n) is 10.0. The van der Waals surface area contributed by atoms with Gasteiger partial charge in [-0.05, 0) is 24.3 Å². The van der Waals surface area contributed by atoms with Crippen LogP contribution in [-0.4, -0.2) is 20.2 Å². The molecule has 0 unspecified atom stereocenters. The van der Waals surface area contributed by atoms with Crippen molar-refractivity contribution >= 4 is 5.69 Å². The van der Waals surface area contributed by atoms with Crippen LogP contribution in [0, 0.1) is 0 Å². The van der Waals surface area contributed by atoms with Crippen LogP contribution in [0.3, 0.4) is 0 Å². The van der Waals surface area contributed by atoms with Crippen LogP contribution in [0.25, 0.3) is 11.5 Å². The number of anilines is 1. The molecule has 0 saturated heterocycles. The van der Waals surface area contributed by atoms with Crippen LogP contribution in [0.1, 0.15) is 5.69 Å². The first kappa shape index (κ1) is 11.3. The van der Waals surface area contributed by atoms with Gasteiger partial charge >= 0.3 is 0 Å². The van der Waals surface area contributed by atoms with E-state index in [0.29, 0.717) is 12.4 Å². The molecular weight excluding hydrogens is 242 g/mol. The lowest BCUT2D eigenvalue weighted by Crippen LogP contribution is -2.01. The number of benzene rings is 1. The predicted octanol–water partition coefficient (Wildman–Crippen LogP) is 2.14. The maximum Gasteiger partial charge on any atom is 0.247 e. The molecule has 0 radical (unpaired) electrons. The molecule has 0 fully saturated rings. The summed E-state index contributed by atoms with van der Waals surface area (Å²) < 4.78 is 5.17. The number of rotatable bonds is 4. The molecule has 1 N–H and O–H groups in total. The van der Waals surface area contributed by atoms with E-state index in [1.807, 2.05) is 30.3 Å². The van der Waals surface area contributed by atoms with Gasteiger partial charge in [-0.25, -0.2) is 9.97 Å². The van der Waals surface area contributed by atoms with Crippen LogP contribution in [0.4, 0.5) is 5.69 Å². The molecule has 6 nitrogen and oxygen atoms in total. The lowest BCUT2D eigenvalue weighted by molar-refractivity contribution is 0.568. The summed E-state index contributed by atoms with van der Waals surface area (Å²) in [6, 6.07) is 9.65. The van der Waals surface area contributed by atoms with Gasteiger partial charge in [0.15, 0.2) is 0 Å². The third-order valence-corrected chi connectivity index (χ3v) is 2.59. The van der Waals surface area contributed by atoms with Crippen molar-refractivity contribution in [2.45, 2.75) is 6.54 Å². The Morgan fingerprint density at radius 2 is 2.21 bits per heavy atom. The first-order chi connectivity index (χ1) is 9.42. The lowest BCUT2D eigenvalue weighted by Gasteiger charge is -2.06. The maximum absolute atomic E-state index is 5.17. The van der Waals surface area contributed by atoms with Gasteiger partial charge in [0.25, 0.3) is 0 Å². The first-order valence-electron chi connectivity index (χ1n) is 5.77. The highest BCUT2D eigenvalue weighted by Gasteiger charge is 2.04. The molecule has 3 aromatic rings. The Kier molecular flexibility index (Phi) is 3.14. The molecule has 0 aliphatic rings. The van der Waals surface area contributed by atoms with Gasteiger partial charge in [-0.15, -0.1) is 10.2 Å². The van der Waals surface area contributed by atoms with Crippen LogP contribution >= 0.6 is 0 Å². The predicted molar refractivity (Wildman–Crippen MR) is 69.1 cm³/mol. The standard InChI is InChI=1S/C13H11N5O/c1-2-10(13-18-17-9-19-13)6-11(3-1)15-7-12-4-5-14-8-16-12/h1-6,8-9,15H,7H2. The lowest BCUT2D eigenvalue weighted by atomic mass is 10.2. The minimum Gasteiger partial charge on any atom is -0.423 e. The molecule has 6 heteroatoms. The van der Waals surface area contributed by atoms with Crippen LogP contribution < -0.4 is 5.32 Å². The molecule has 0 atom stereocenters. The normalized spacial score (nSPS) is 10.3. The summed E-state index contributed by atoms with van der Waals surface area (Å²) in [5, 5.41) is 10.8. The molecule has 0 aliphatic heterocycles. The van der Waals surface area contributed by atoms with E-state index in [0.717, 1.165) is 16.9 Å². The minimum atomic E-state index is 0.505. The van der Waals surface area contributed by atoms with Crippen molar-refractivity contribution in [3.8, 4) is 11.5 Å². The number of hydrogen-bond acceptors (Lipinski definition) is 6. The molecule has 0 saturated carbocycles. The van der Waals surface area contributed by atoms with Gasteiger partial charge in [0.05, 0.1) is 12.2 Å². The summed E-state index contributed by atoms with van der Waals surface area (Å²) in [6.45, 7) is 0.635. The quantitative estimate of drug-likeness (QED) is 0.767. The Morgan fingerprint density at radius 3 is 3.00 bits per heavy atom. The highest BCUT2D eigenvalue weighted by atomic mass is 16.4. The highest BCUT2D eigenvalue weighted by Crippen LogP contribution is 2.20. The van der Waals surface area contributed by atoms with Gasteiger partial charge in [-0.2, -0.15) is 0 Å². The van der Waals surface area contributed by atoms with Gasteiger partial charge in [0, 0.05) is 17.4 Å². The van der Waals surface area contributed by atoms with E-state index in [1.165, 1.54) is 12.7 Å². The van der Waals surface area contributed by atoms with Crippen molar-refractivity contribution in [1.82, 2.24) is 20.2 Å². The number of aromatic nitrogens is 4. The molecule has 0 spiro atoms. The van der Waals surface area contributed by atoms with E-state index < -0.39 is 0 Å². The van der Waals surface area contributed by atoms with E-state index in [2.05, 4.69) is 25.5 Å². The topological polar surface area (TPSA) is 76.7 Å². The average molecular weight is 253 g/mol. The van der Waals surface area contributed by atoms with Crippen molar-refractivity contribution in [2.75, 3.05) is 5.32 Å². The fourth-order valence-corrected chi connectivity index (χ4v) is 1.68. The number of nitrogens with one attached hydrogen (secondary N) is 1. The zero-order chi connectivity index (χ0) is 12.9. The molecule has 0 amide bonds. The zero-order valence-corrected chi connectivity index (χ0v) is 10.0. The Labute approximate surface area is 109 Å². The molecule has 3 rings (SSSR count). The number of hydrogen-bond donors (Lipinski definition) is 1. The molecule has 19 heavy (non-hydrogen) atoms. The summed E-state index contributed by atoms with van der Waals surface area (Å²) in [5.41, 5.74) is 2.78. The van der Waals surface area contributed by atoms with Gasteiger partial charge in [-0.1, -0.05) is 6.07 Å². The monoisotopic (exact) mass is 253 g/mol. The molecular formula is C13H11N5O. The van der Waals surface area contributed by atoms with Crippen molar-refractivity contribution in [1.29, 1.82) is 0 Å². The summed E-state index contributed by atoms with van der Waals surface area (Å²) in [5.74, 6) is 0.505. The molecule has 0 aliphatic carbocycles. The summed E-state index contributed by atoms with van der Waals surface area (Å²) in [7, 11) is 0. The van der Waals surface area contributed by atoms with E-state index in [9.17, 15) is 0 Å². The van der Waals surface area contributed by atoms with Crippen LogP contribution in [0.2, 0.25) is 0 Å². The van der Waals surface area contributed by atoms with Crippen molar-refractivity contribution in [3.63, 3.8) is 0 Å².